The number of carbonyl (C=O) groups excluding carboxylic acids is 2. The van der Waals surface area contributed by atoms with Crippen molar-refractivity contribution in [2.45, 2.75) is 13.0 Å². The number of nitrogens with one attached hydrogen (secondary N) is 1. The van der Waals surface area contributed by atoms with E-state index >= 15 is 0 Å². The van der Waals surface area contributed by atoms with Gasteiger partial charge in [0.05, 0.1) is 7.11 Å². The number of anilines is 1. The van der Waals surface area contributed by atoms with Crippen LogP contribution in [0.3, 0.4) is 0 Å². The minimum absolute atomic E-state index is 0.108. The largest absolute Gasteiger partial charge is 0.493 e. The van der Waals surface area contributed by atoms with Gasteiger partial charge in [-0.1, -0.05) is 24.3 Å². The van der Waals surface area contributed by atoms with E-state index in [0.717, 1.165) is 0 Å². The molecule has 1 atom stereocenters. The minimum Gasteiger partial charge on any atom is -0.493 e. The van der Waals surface area contributed by atoms with E-state index in [4.69, 9.17) is 24.2 Å². The number of methoxy groups -OCH3 is 1. The Labute approximate surface area is 203 Å². The van der Waals surface area contributed by atoms with E-state index < -0.39 is 18.0 Å². The van der Waals surface area contributed by atoms with Crippen molar-refractivity contribution in [3.8, 4) is 29.1 Å². The summed E-state index contributed by atoms with van der Waals surface area (Å²) in [6.07, 6.45) is 1.72. The van der Waals surface area contributed by atoms with Gasteiger partial charge in [-0.25, -0.2) is 4.79 Å². The molecule has 178 valence electrons. The van der Waals surface area contributed by atoms with Crippen LogP contribution >= 0.6 is 0 Å². The molecule has 0 fully saturated rings. The zero-order valence-electron chi connectivity index (χ0n) is 19.3. The lowest BCUT2D eigenvalue weighted by atomic mass is 10.2. The summed E-state index contributed by atoms with van der Waals surface area (Å²) >= 11 is 0. The summed E-state index contributed by atoms with van der Waals surface area (Å²) < 4.78 is 21.4. The summed E-state index contributed by atoms with van der Waals surface area (Å²) in [6, 6.07) is 23.1. The van der Waals surface area contributed by atoms with Crippen molar-refractivity contribution in [1.29, 1.82) is 5.26 Å². The molecular weight excluding hydrogens is 448 g/mol. The number of benzene rings is 3. The quantitative estimate of drug-likeness (QED) is 0.328. The second-order valence-corrected chi connectivity index (χ2v) is 7.20. The van der Waals surface area contributed by atoms with E-state index in [0.29, 0.717) is 34.2 Å². The van der Waals surface area contributed by atoms with Gasteiger partial charge >= 0.3 is 5.97 Å². The van der Waals surface area contributed by atoms with Gasteiger partial charge in [-0.3, -0.25) is 4.79 Å². The number of amides is 1. The second kappa shape index (κ2) is 12.5. The van der Waals surface area contributed by atoms with Crippen LogP contribution in [0.4, 0.5) is 5.69 Å². The summed E-state index contributed by atoms with van der Waals surface area (Å²) in [7, 11) is 1.47. The van der Waals surface area contributed by atoms with E-state index in [9.17, 15) is 9.59 Å². The van der Waals surface area contributed by atoms with Gasteiger partial charge in [-0.05, 0) is 67.1 Å². The summed E-state index contributed by atoms with van der Waals surface area (Å²) in [5.41, 5.74) is 1.19. The number of nitrogens with zero attached hydrogens (tertiary/aromatic N) is 1. The van der Waals surface area contributed by atoms with Gasteiger partial charge in [0.2, 0.25) is 0 Å². The summed E-state index contributed by atoms with van der Waals surface area (Å²) in [6.45, 7) is 1.38. The minimum atomic E-state index is -1.01. The monoisotopic (exact) mass is 472 g/mol. The maximum absolute atomic E-state index is 12.4. The molecule has 0 radical (unpaired) electrons. The van der Waals surface area contributed by atoms with Crippen molar-refractivity contribution in [2.75, 3.05) is 19.0 Å². The fourth-order valence-corrected chi connectivity index (χ4v) is 2.92. The molecule has 0 spiro atoms. The van der Waals surface area contributed by atoms with Crippen LogP contribution in [0.25, 0.3) is 6.08 Å². The van der Waals surface area contributed by atoms with Crippen LogP contribution in [0.1, 0.15) is 12.5 Å². The Morgan fingerprint density at radius 1 is 1.00 bits per heavy atom. The Hall–Kier alpha value is -4.77. The topological polar surface area (TPSA) is 107 Å². The van der Waals surface area contributed by atoms with Crippen LogP contribution in [-0.4, -0.2) is 31.7 Å². The van der Waals surface area contributed by atoms with Crippen molar-refractivity contribution < 1.29 is 28.5 Å². The molecule has 0 aliphatic rings. The first-order valence-electron chi connectivity index (χ1n) is 10.7. The van der Waals surface area contributed by atoms with Crippen molar-refractivity contribution >= 4 is 23.6 Å². The van der Waals surface area contributed by atoms with Crippen LogP contribution in [0.5, 0.6) is 23.0 Å². The molecule has 1 unspecified atom stereocenters. The average molecular weight is 472 g/mol. The van der Waals surface area contributed by atoms with Gasteiger partial charge in [-0.15, -0.1) is 0 Å². The van der Waals surface area contributed by atoms with Gasteiger partial charge < -0.3 is 24.3 Å². The molecule has 8 nitrogen and oxygen atoms in total. The van der Waals surface area contributed by atoms with Crippen LogP contribution < -0.4 is 19.5 Å². The van der Waals surface area contributed by atoms with Crippen molar-refractivity contribution in [3.05, 3.63) is 84.4 Å². The number of ether oxygens (including phenoxy) is 4. The molecule has 0 saturated heterocycles. The number of nitriles is 1. The molecule has 8 heteroatoms. The lowest BCUT2D eigenvalue weighted by Gasteiger charge is -2.13. The molecule has 0 saturated carbocycles. The lowest BCUT2D eigenvalue weighted by Crippen LogP contribution is -2.29. The van der Waals surface area contributed by atoms with Crippen molar-refractivity contribution in [3.63, 3.8) is 0 Å². The lowest BCUT2D eigenvalue weighted by molar-refractivity contribution is -0.148. The Balaban J connectivity index is 1.51. The highest BCUT2D eigenvalue weighted by Crippen LogP contribution is 2.28. The Morgan fingerprint density at radius 2 is 1.71 bits per heavy atom. The standard InChI is InChI=1S/C27H24N2O6/c1-19(27(31)29-21-10-12-23(13-11-21)35-22-6-4-3-5-7-22)34-26(30)15-9-20-8-14-24(33-17-16-28)25(18-20)32-2/h3-15,18-19H,17H2,1-2H3,(H,29,31)/b15-9+. The van der Waals surface area contributed by atoms with Crippen LogP contribution in [-0.2, 0) is 14.3 Å². The molecule has 0 aliphatic carbocycles. The number of hydrogen-bond donors (Lipinski definition) is 1. The number of esters is 1. The van der Waals surface area contributed by atoms with E-state index in [1.54, 1.807) is 42.5 Å². The van der Waals surface area contributed by atoms with Crippen LogP contribution in [0.15, 0.2) is 78.9 Å². The molecule has 3 aromatic carbocycles. The van der Waals surface area contributed by atoms with E-state index in [-0.39, 0.29) is 6.61 Å². The van der Waals surface area contributed by atoms with Gasteiger partial charge in [0.1, 0.15) is 17.6 Å². The highest BCUT2D eigenvalue weighted by atomic mass is 16.5. The fourth-order valence-electron chi connectivity index (χ4n) is 2.92. The van der Waals surface area contributed by atoms with Gasteiger partial charge in [0, 0.05) is 11.8 Å². The Bertz CT molecular complexity index is 1220. The first-order chi connectivity index (χ1) is 17.0. The maximum atomic E-state index is 12.4. The normalized spacial score (nSPS) is 11.2. The Kier molecular flexibility index (Phi) is 8.85. The highest BCUT2D eigenvalue weighted by Gasteiger charge is 2.17. The SMILES string of the molecule is COc1cc(/C=C/C(=O)OC(C)C(=O)Nc2ccc(Oc3ccccc3)cc2)ccc1OCC#N. The molecule has 35 heavy (non-hydrogen) atoms. The molecule has 1 amide bonds. The third-order valence-corrected chi connectivity index (χ3v) is 4.65. The summed E-state index contributed by atoms with van der Waals surface area (Å²) in [5, 5.41) is 11.3. The number of para-hydroxylation sites is 1. The first kappa shape index (κ1) is 24.9. The predicted molar refractivity (Wildman–Crippen MR) is 130 cm³/mol. The van der Waals surface area contributed by atoms with E-state index in [1.807, 2.05) is 36.4 Å². The van der Waals surface area contributed by atoms with Crippen LogP contribution in [0, 0.1) is 11.3 Å². The third kappa shape index (κ3) is 7.65. The van der Waals surface area contributed by atoms with E-state index in [2.05, 4.69) is 5.32 Å². The average Bonchev–Trinajstić information content (AvgIpc) is 2.88. The maximum Gasteiger partial charge on any atom is 0.331 e. The summed E-state index contributed by atoms with van der Waals surface area (Å²) in [4.78, 5) is 24.6. The van der Waals surface area contributed by atoms with Crippen molar-refractivity contribution in [2.24, 2.45) is 0 Å². The predicted octanol–water partition coefficient (Wildman–Crippen LogP) is 4.97. The molecule has 0 bridgehead atoms. The molecule has 0 aliphatic heterocycles. The second-order valence-electron chi connectivity index (χ2n) is 7.20. The van der Waals surface area contributed by atoms with Crippen molar-refractivity contribution in [1.82, 2.24) is 0 Å². The van der Waals surface area contributed by atoms with E-state index in [1.165, 1.54) is 26.2 Å². The zero-order valence-corrected chi connectivity index (χ0v) is 19.3. The molecule has 3 aromatic rings. The molecule has 1 N–H and O–H groups in total. The molecule has 0 heterocycles. The number of rotatable bonds is 10. The van der Waals surface area contributed by atoms with Crippen LogP contribution in [0.2, 0.25) is 0 Å². The Morgan fingerprint density at radius 3 is 2.40 bits per heavy atom. The zero-order chi connectivity index (χ0) is 25.0. The fraction of sp³-hybridized carbons (Fsp3) is 0.148. The number of hydrogen-bond acceptors (Lipinski definition) is 7. The summed E-state index contributed by atoms with van der Waals surface area (Å²) in [5.74, 6) is 1.02. The smallest absolute Gasteiger partial charge is 0.331 e. The molecule has 3 rings (SSSR count). The molecule has 0 aromatic heterocycles. The van der Waals surface area contributed by atoms with Gasteiger partial charge in [0.25, 0.3) is 5.91 Å². The van der Waals surface area contributed by atoms with Gasteiger partial charge in [0.15, 0.2) is 24.2 Å². The molecular formula is C27H24N2O6. The highest BCUT2D eigenvalue weighted by molar-refractivity contribution is 5.96. The first-order valence-corrected chi connectivity index (χ1v) is 10.7. The third-order valence-electron chi connectivity index (χ3n) is 4.65. The van der Waals surface area contributed by atoms with Gasteiger partial charge in [-0.2, -0.15) is 5.26 Å². The number of carbonyl (C=O) groups is 2.